The topological polar surface area (TPSA) is 64.9 Å². The molecule has 0 bridgehead atoms. The van der Waals surface area contributed by atoms with Crippen LogP contribution < -0.4 is 10.6 Å². The third kappa shape index (κ3) is 5.17. The smallest absolute Gasteiger partial charge is 0.267 e. The van der Waals surface area contributed by atoms with Gasteiger partial charge in [-0.2, -0.15) is 5.26 Å². The van der Waals surface area contributed by atoms with Gasteiger partial charge in [0.25, 0.3) is 5.91 Å². The molecule has 0 aliphatic heterocycles. The number of nitrogens with zero attached hydrogens (tertiary/aromatic N) is 1. The largest absolute Gasteiger partial charge is 0.386 e. The summed E-state index contributed by atoms with van der Waals surface area (Å²) < 4.78 is 0. The van der Waals surface area contributed by atoms with Gasteiger partial charge in [0.15, 0.2) is 0 Å². The molecule has 0 unspecified atom stereocenters. The van der Waals surface area contributed by atoms with Crippen LogP contribution in [0.2, 0.25) is 5.02 Å². The SMILES string of the molecule is Cc1ccc(CN/C=C(/C#N)C(=O)Nc2cccc(Cl)c2)cc1. The molecule has 5 heteroatoms. The molecule has 0 fully saturated rings. The molecule has 23 heavy (non-hydrogen) atoms. The minimum Gasteiger partial charge on any atom is -0.386 e. The van der Waals surface area contributed by atoms with Crippen LogP contribution in [0, 0.1) is 18.3 Å². The Kier molecular flexibility index (Phi) is 5.79. The molecule has 0 radical (unpaired) electrons. The summed E-state index contributed by atoms with van der Waals surface area (Å²) in [5.74, 6) is -0.480. The van der Waals surface area contributed by atoms with Crippen molar-refractivity contribution in [3.63, 3.8) is 0 Å². The van der Waals surface area contributed by atoms with Gasteiger partial charge >= 0.3 is 0 Å². The number of nitriles is 1. The number of hydrogen-bond donors (Lipinski definition) is 2. The highest BCUT2D eigenvalue weighted by atomic mass is 35.5. The lowest BCUT2D eigenvalue weighted by Gasteiger charge is -2.06. The van der Waals surface area contributed by atoms with Crippen molar-refractivity contribution in [3.8, 4) is 6.07 Å². The fourth-order valence-electron chi connectivity index (χ4n) is 1.89. The van der Waals surface area contributed by atoms with Gasteiger partial charge in [-0.15, -0.1) is 0 Å². The number of hydrogen-bond acceptors (Lipinski definition) is 3. The Hall–Kier alpha value is -2.77. The van der Waals surface area contributed by atoms with E-state index >= 15 is 0 Å². The van der Waals surface area contributed by atoms with Crippen molar-refractivity contribution in [2.75, 3.05) is 5.32 Å². The van der Waals surface area contributed by atoms with Crippen LogP contribution in [-0.2, 0) is 11.3 Å². The van der Waals surface area contributed by atoms with Gasteiger partial charge in [0, 0.05) is 23.5 Å². The fraction of sp³-hybridized carbons (Fsp3) is 0.111. The van der Waals surface area contributed by atoms with Gasteiger partial charge in [-0.25, -0.2) is 0 Å². The molecule has 0 aliphatic rings. The molecule has 2 aromatic carbocycles. The third-order valence-corrected chi connectivity index (χ3v) is 3.36. The van der Waals surface area contributed by atoms with E-state index in [9.17, 15) is 4.79 Å². The number of halogens is 1. The zero-order chi connectivity index (χ0) is 16.7. The number of carbonyl (C=O) groups is 1. The van der Waals surface area contributed by atoms with Crippen molar-refractivity contribution in [1.82, 2.24) is 5.32 Å². The van der Waals surface area contributed by atoms with Crippen LogP contribution in [0.25, 0.3) is 0 Å². The number of anilines is 1. The summed E-state index contributed by atoms with van der Waals surface area (Å²) in [6.07, 6.45) is 1.42. The highest BCUT2D eigenvalue weighted by Gasteiger charge is 2.09. The molecule has 0 aliphatic carbocycles. The van der Waals surface area contributed by atoms with E-state index in [0.717, 1.165) is 5.56 Å². The van der Waals surface area contributed by atoms with Crippen LogP contribution in [-0.4, -0.2) is 5.91 Å². The Labute approximate surface area is 140 Å². The second kappa shape index (κ2) is 8.02. The van der Waals surface area contributed by atoms with E-state index in [2.05, 4.69) is 10.6 Å². The molecule has 1 amide bonds. The summed E-state index contributed by atoms with van der Waals surface area (Å²) in [7, 11) is 0. The van der Waals surface area contributed by atoms with Crippen LogP contribution in [0.5, 0.6) is 0 Å². The molecule has 0 spiro atoms. The van der Waals surface area contributed by atoms with Crippen LogP contribution >= 0.6 is 11.6 Å². The minimum absolute atomic E-state index is 0.00270. The Morgan fingerprint density at radius 2 is 2.00 bits per heavy atom. The molecule has 2 N–H and O–H groups in total. The molecule has 2 rings (SSSR count). The van der Waals surface area contributed by atoms with E-state index in [4.69, 9.17) is 16.9 Å². The van der Waals surface area contributed by atoms with Crippen LogP contribution in [0.1, 0.15) is 11.1 Å². The predicted molar refractivity (Wildman–Crippen MR) is 91.8 cm³/mol. The number of rotatable bonds is 5. The minimum atomic E-state index is -0.480. The highest BCUT2D eigenvalue weighted by Crippen LogP contribution is 2.15. The molecule has 4 nitrogen and oxygen atoms in total. The number of amides is 1. The quantitative estimate of drug-likeness (QED) is 0.649. The zero-order valence-electron chi connectivity index (χ0n) is 12.6. The number of carbonyl (C=O) groups excluding carboxylic acids is 1. The predicted octanol–water partition coefficient (Wildman–Crippen LogP) is 3.78. The van der Waals surface area contributed by atoms with Crippen molar-refractivity contribution < 1.29 is 4.79 Å². The first-order valence-electron chi connectivity index (χ1n) is 7.04. The number of nitrogens with one attached hydrogen (secondary N) is 2. The summed E-state index contributed by atoms with van der Waals surface area (Å²) in [5.41, 5.74) is 2.79. The Bertz CT molecular complexity index is 761. The number of aryl methyl sites for hydroxylation is 1. The van der Waals surface area contributed by atoms with Crippen LogP contribution in [0.15, 0.2) is 60.3 Å². The average Bonchev–Trinajstić information content (AvgIpc) is 2.53. The maximum Gasteiger partial charge on any atom is 0.267 e. The Morgan fingerprint density at radius 1 is 1.26 bits per heavy atom. The molecule has 0 heterocycles. The van der Waals surface area contributed by atoms with Gasteiger partial charge in [-0.1, -0.05) is 47.5 Å². The van der Waals surface area contributed by atoms with E-state index in [1.165, 1.54) is 11.8 Å². The summed E-state index contributed by atoms with van der Waals surface area (Å²) in [5, 5.41) is 15.2. The molecule has 0 saturated carbocycles. The van der Waals surface area contributed by atoms with Gasteiger partial charge in [0.2, 0.25) is 0 Å². The van der Waals surface area contributed by atoms with E-state index < -0.39 is 5.91 Å². The third-order valence-electron chi connectivity index (χ3n) is 3.12. The van der Waals surface area contributed by atoms with Crippen molar-refractivity contribution >= 4 is 23.2 Å². The molecule has 2 aromatic rings. The second-order valence-corrected chi connectivity index (χ2v) is 5.44. The lowest BCUT2D eigenvalue weighted by atomic mass is 10.1. The molecule has 0 aromatic heterocycles. The second-order valence-electron chi connectivity index (χ2n) is 5.00. The van der Waals surface area contributed by atoms with E-state index in [-0.39, 0.29) is 5.57 Å². The van der Waals surface area contributed by atoms with Gasteiger partial charge in [0.05, 0.1) is 0 Å². The van der Waals surface area contributed by atoms with Crippen molar-refractivity contribution in [3.05, 3.63) is 76.5 Å². The zero-order valence-corrected chi connectivity index (χ0v) is 13.4. The van der Waals surface area contributed by atoms with Crippen LogP contribution in [0.3, 0.4) is 0 Å². The maximum absolute atomic E-state index is 12.1. The first-order valence-corrected chi connectivity index (χ1v) is 7.42. The summed E-state index contributed by atoms with van der Waals surface area (Å²) >= 11 is 5.86. The molecular weight excluding hydrogens is 310 g/mol. The van der Waals surface area contributed by atoms with Crippen LogP contribution in [0.4, 0.5) is 5.69 Å². The van der Waals surface area contributed by atoms with Crippen molar-refractivity contribution in [1.29, 1.82) is 5.26 Å². The lowest BCUT2D eigenvalue weighted by molar-refractivity contribution is -0.112. The summed E-state index contributed by atoms with van der Waals surface area (Å²) in [6, 6.07) is 16.7. The summed E-state index contributed by atoms with van der Waals surface area (Å²) in [4.78, 5) is 12.1. The van der Waals surface area contributed by atoms with Gasteiger partial charge in [-0.05, 0) is 30.7 Å². The van der Waals surface area contributed by atoms with Crippen molar-refractivity contribution in [2.45, 2.75) is 13.5 Å². The first kappa shape index (κ1) is 16.6. The lowest BCUT2D eigenvalue weighted by Crippen LogP contribution is -2.16. The van der Waals surface area contributed by atoms with Gasteiger partial charge < -0.3 is 10.6 Å². The van der Waals surface area contributed by atoms with Gasteiger partial charge in [-0.3, -0.25) is 4.79 Å². The molecular formula is C18H16ClN3O. The van der Waals surface area contributed by atoms with E-state index in [1.807, 2.05) is 37.3 Å². The Morgan fingerprint density at radius 3 is 2.65 bits per heavy atom. The summed E-state index contributed by atoms with van der Waals surface area (Å²) in [6.45, 7) is 2.56. The molecule has 0 saturated heterocycles. The highest BCUT2D eigenvalue weighted by molar-refractivity contribution is 6.31. The Balaban J connectivity index is 1.96. The maximum atomic E-state index is 12.1. The fourth-order valence-corrected chi connectivity index (χ4v) is 2.08. The first-order chi connectivity index (χ1) is 11.1. The molecule has 0 atom stereocenters. The standard InChI is InChI=1S/C18H16ClN3O/c1-13-5-7-14(8-6-13)11-21-12-15(10-20)18(23)22-17-4-2-3-16(19)9-17/h2-9,12,21H,11H2,1H3,(H,22,23)/b15-12-. The van der Waals surface area contributed by atoms with E-state index in [1.54, 1.807) is 24.3 Å². The monoisotopic (exact) mass is 325 g/mol. The molecule has 116 valence electrons. The van der Waals surface area contributed by atoms with E-state index in [0.29, 0.717) is 17.3 Å². The normalized spacial score (nSPS) is 10.7. The average molecular weight is 326 g/mol. The number of benzene rings is 2. The van der Waals surface area contributed by atoms with Crippen molar-refractivity contribution in [2.24, 2.45) is 0 Å². The van der Waals surface area contributed by atoms with Gasteiger partial charge in [0.1, 0.15) is 11.6 Å².